The molecule has 0 unspecified atom stereocenters. The Morgan fingerprint density at radius 2 is 1.52 bits per heavy atom. The molecule has 25 heavy (non-hydrogen) atoms. The predicted molar refractivity (Wildman–Crippen MR) is 103 cm³/mol. The minimum atomic E-state index is 0.700. The first kappa shape index (κ1) is 17.2. The van der Waals surface area contributed by atoms with Crippen LogP contribution in [-0.4, -0.2) is 62.0 Å². The molecule has 3 rings (SSSR count). The van der Waals surface area contributed by atoms with Gasteiger partial charge >= 0.3 is 0 Å². The molecule has 2 aromatic carbocycles. The van der Waals surface area contributed by atoms with Gasteiger partial charge in [-0.15, -0.1) is 0 Å². The Hall–Kier alpha value is -2.66. The molecule has 0 atom stereocenters. The van der Waals surface area contributed by atoms with Crippen LogP contribution in [0.4, 0.5) is 5.69 Å². The largest absolute Gasteiger partial charge is 0.378 e. The van der Waals surface area contributed by atoms with Gasteiger partial charge in [0, 0.05) is 32.7 Å². The molecule has 0 aromatic heterocycles. The lowest BCUT2D eigenvalue weighted by atomic mass is 10.2. The zero-order valence-corrected chi connectivity index (χ0v) is 14.8. The molecule has 1 heterocycles. The fraction of sp³-hybridized carbons (Fsp3) is 0.300. The highest BCUT2D eigenvalue weighted by Gasteiger charge is 2.17. The highest BCUT2D eigenvalue weighted by atomic mass is 16.5. The lowest BCUT2D eigenvalue weighted by Crippen LogP contribution is -2.41. The number of aliphatic imine (C=N–C) groups is 2. The van der Waals surface area contributed by atoms with Crippen molar-refractivity contribution in [3.63, 3.8) is 0 Å². The van der Waals surface area contributed by atoms with Gasteiger partial charge in [-0.1, -0.05) is 48.5 Å². The summed E-state index contributed by atoms with van der Waals surface area (Å²) in [7, 11) is 4.01. The van der Waals surface area contributed by atoms with E-state index >= 15 is 0 Å². The van der Waals surface area contributed by atoms with Crippen LogP contribution in [-0.2, 0) is 4.74 Å². The predicted octanol–water partition coefficient (Wildman–Crippen LogP) is 3.01. The van der Waals surface area contributed by atoms with Gasteiger partial charge in [0.25, 0.3) is 0 Å². The van der Waals surface area contributed by atoms with Crippen LogP contribution in [0.1, 0.15) is 5.56 Å². The van der Waals surface area contributed by atoms with Crippen LogP contribution in [0.5, 0.6) is 0 Å². The van der Waals surface area contributed by atoms with Crippen molar-refractivity contribution >= 4 is 17.5 Å². The maximum atomic E-state index is 5.48. The van der Waals surface area contributed by atoms with Crippen LogP contribution in [0.15, 0.2) is 70.6 Å². The summed E-state index contributed by atoms with van der Waals surface area (Å²) in [6.45, 7) is 2.99. The van der Waals surface area contributed by atoms with Gasteiger partial charge in [-0.3, -0.25) is 0 Å². The van der Waals surface area contributed by atoms with Gasteiger partial charge in [0.2, 0.25) is 5.96 Å². The second-order valence-electron chi connectivity index (χ2n) is 6.04. The summed E-state index contributed by atoms with van der Waals surface area (Å²) < 4.78 is 5.48. The van der Waals surface area contributed by atoms with E-state index in [1.165, 1.54) is 0 Å². The molecule has 0 N–H and O–H groups in total. The number of morpholine rings is 1. The fourth-order valence-corrected chi connectivity index (χ4v) is 2.65. The Morgan fingerprint density at radius 3 is 2.12 bits per heavy atom. The number of benzene rings is 2. The molecule has 130 valence electrons. The van der Waals surface area contributed by atoms with Crippen molar-refractivity contribution in [1.29, 1.82) is 0 Å². The van der Waals surface area contributed by atoms with Crippen LogP contribution in [0.25, 0.3) is 0 Å². The molecule has 1 saturated heterocycles. The van der Waals surface area contributed by atoms with Crippen molar-refractivity contribution in [3.8, 4) is 0 Å². The van der Waals surface area contributed by atoms with E-state index in [-0.39, 0.29) is 0 Å². The average Bonchev–Trinajstić information content (AvgIpc) is 2.67. The summed E-state index contributed by atoms with van der Waals surface area (Å²) in [5.74, 6) is 1.61. The summed E-state index contributed by atoms with van der Waals surface area (Å²) in [5.41, 5.74) is 1.97. The van der Waals surface area contributed by atoms with E-state index in [0.29, 0.717) is 13.2 Å². The van der Waals surface area contributed by atoms with Gasteiger partial charge in [0.15, 0.2) is 0 Å². The fourth-order valence-electron chi connectivity index (χ4n) is 2.65. The first-order valence-electron chi connectivity index (χ1n) is 8.52. The maximum absolute atomic E-state index is 5.48. The first-order chi connectivity index (χ1) is 12.2. The van der Waals surface area contributed by atoms with E-state index in [9.17, 15) is 0 Å². The number of rotatable bonds is 2. The lowest BCUT2D eigenvalue weighted by Gasteiger charge is -2.28. The van der Waals surface area contributed by atoms with E-state index in [4.69, 9.17) is 14.7 Å². The van der Waals surface area contributed by atoms with Gasteiger partial charge in [-0.25, -0.2) is 4.99 Å². The molecule has 0 spiro atoms. The molecule has 1 aliphatic rings. The molecule has 0 amide bonds. The third kappa shape index (κ3) is 4.67. The summed E-state index contributed by atoms with van der Waals surface area (Å²) in [6.07, 6.45) is 0. The molecule has 0 radical (unpaired) electrons. The second-order valence-corrected chi connectivity index (χ2v) is 6.04. The minimum absolute atomic E-state index is 0.700. The zero-order valence-electron chi connectivity index (χ0n) is 14.8. The molecule has 0 bridgehead atoms. The quantitative estimate of drug-likeness (QED) is 0.625. The van der Waals surface area contributed by atoms with E-state index < -0.39 is 0 Å². The third-order valence-electron chi connectivity index (χ3n) is 3.94. The number of amidine groups is 1. The van der Waals surface area contributed by atoms with Crippen molar-refractivity contribution in [2.24, 2.45) is 9.98 Å². The highest BCUT2D eigenvalue weighted by Crippen LogP contribution is 2.14. The highest BCUT2D eigenvalue weighted by molar-refractivity contribution is 6.05. The molecular weight excluding hydrogens is 312 g/mol. The topological polar surface area (TPSA) is 40.4 Å². The third-order valence-corrected chi connectivity index (χ3v) is 3.94. The SMILES string of the molecule is CN(C)/C(=N/C(=Nc1ccccc1)N1CCOCC1)c1ccccc1. The van der Waals surface area contributed by atoms with Crippen molar-refractivity contribution in [3.05, 3.63) is 66.2 Å². The Morgan fingerprint density at radius 1 is 0.920 bits per heavy atom. The summed E-state index contributed by atoms with van der Waals surface area (Å²) in [5, 5.41) is 0. The molecular formula is C20H24N4O. The number of hydrogen-bond donors (Lipinski definition) is 0. The molecule has 1 aliphatic heterocycles. The van der Waals surface area contributed by atoms with E-state index in [1.54, 1.807) is 0 Å². The van der Waals surface area contributed by atoms with Crippen LogP contribution in [0.2, 0.25) is 0 Å². The Bertz CT molecular complexity index is 720. The normalized spacial score (nSPS) is 16.0. The number of ether oxygens (including phenoxy) is 1. The van der Waals surface area contributed by atoms with Crippen LogP contribution >= 0.6 is 0 Å². The number of para-hydroxylation sites is 1. The Kier molecular flexibility index (Phi) is 5.80. The molecule has 0 saturated carbocycles. The van der Waals surface area contributed by atoms with Crippen molar-refractivity contribution < 1.29 is 4.74 Å². The average molecular weight is 336 g/mol. The Balaban J connectivity index is 2.01. The summed E-state index contributed by atoms with van der Waals surface area (Å²) in [4.78, 5) is 13.9. The first-order valence-corrected chi connectivity index (χ1v) is 8.52. The van der Waals surface area contributed by atoms with Gasteiger partial charge in [0.05, 0.1) is 18.9 Å². The van der Waals surface area contributed by atoms with Crippen LogP contribution in [0.3, 0.4) is 0 Å². The molecule has 5 heteroatoms. The molecule has 0 aliphatic carbocycles. The van der Waals surface area contributed by atoms with Gasteiger partial charge in [-0.2, -0.15) is 4.99 Å². The number of guanidine groups is 1. The minimum Gasteiger partial charge on any atom is -0.378 e. The van der Waals surface area contributed by atoms with Crippen molar-refractivity contribution in [2.45, 2.75) is 0 Å². The summed E-state index contributed by atoms with van der Waals surface area (Å²) in [6, 6.07) is 20.2. The van der Waals surface area contributed by atoms with Crippen LogP contribution in [0, 0.1) is 0 Å². The molecule has 1 fully saturated rings. The standard InChI is InChI=1S/C20H24N4O/c1-23(2)19(17-9-5-3-6-10-17)22-20(24-13-15-25-16-14-24)21-18-11-7-4-8-12-18/h3-12H,13-16H2,1-2H3/b21-20?,22-19+. The van der Waals surface area contributed by atoms with E-state index in [2.05, 4.69) is 17.0 Å². The summed E-state index contributed by atoms with van der Waals surface area (Å²) >= 11 is 0. The molecule has 5 nitrogen and oxygen atoms in total. The van der Waals surface area contributed by atoms with Gasteiger partial charge in [-0.05, 0) is 12.1 Å². The smallest absolute Gasteiger partial charge is 0.228 e. The van der Waals surface area contributed by atoms with E-state index in [0.717, 1.165) is 36.1 Å². The van der Waals surface area contributed by atoms with Gasteiger partial charge < -0.3 is 14.5 Å². The van der Waals surface area contributed by atoms with Crippen molar-refractivity contribution in [2.75, 3.05) is 40.4 Å². The monoisotopic (exact) mass is 336 g/mol. The molecule has 2 aromatic rings. The zero-order chi connectivity index (χ0) is 17.5. The van der Waals surface area contributed by atoms with E-state index in [1.807, 2.05) is 67.5 Å². The van der Waals surface area contributed by atoms with Gasteiger partial charge in [0.1, 0.15) is 5.84 Å². The van der Waals surface area contributed by atoms with Crippen LogP contribution < -0.4 is 0 Å². The van der Waals surface area contributed by atoms with Crippen molar-refractivity contribution in [1.82, 2.24) is 9.80 Å². The number of hydrogen-bond acceptors (Lipinski definition) is 2. The Labute approximate surface area is 149 Å². The number of nitrogens with zero attached hydrogens (tertiary/aromatic N) is 4. The second kappa shape index (κ2) is 8.44. The maximum Gasteiger partial charge on any atom is 0.228 e. The lowest BCUT2D eigenvalue weighted by molar-refractivity contribution is 0.0676.